The molecule has 0 saturated heterocycles. The zero-order valence-electron chi connectivity index (χ0n) is 7.64. The van der Waals surface area contributed by atoms with Crippen LogP contribution in [0.15, 0.2) is 17.3 Å². The molecule has 2 aromatic rings. The van der Waals surface area contributed by atoms with Gasteiger partial charge in [0.05, 0.1) is 12.5 Å². The van der Waals surface area contributed by atoms with E-state index in [1.54, 1.807) is 28.8 Å². The highest BCUT2D eigenvalue weighted by Gasteiger charge is 2.06. The van der Waals surface area contributed by atoms with Gasteiger partial charge in [-0.3, -0.25) is 14.0 Å². The highest BCUT2D eigenvalue weighted by atomic mass is 79.9. The van der Waals surface area contributed by atoms with Gasteiger partial charge in [0, 0.05) is 18.9 Å². The van der Waals surface area contributed by atoms with Crippen molar-refractivity contribution in [1.82, 2.24) is 19.3 Å². The maximum atomic E-state index is 11.8. The third kappa shape index (κ3) is 1.35. The molecule has 0 radical (unpaired) electrons. The van der Waals surface area contributed by atoms with Crippen molar-refractivity contribution in [2.24, 2.45) is 7.05 Å². The predicted molar refractivity (Wildman–Crippen MR) is 56.6 cm³/mol. The van der Waals surface area contributed by atoms with E-state index in [-0.39, 0.29) is 5.56 Å². The molecule has 0 aliphatic rings. The second-order valence-electron chi connectivity index (χ2n) is 2.94. The topological polar surface area (TPSA) is 52.7 Å². The summed E-state index contributed by atoms with van der Waals surface area (Å²) in [6, 6.07) is 0. The van der Waals surface area contributed by atoms with E-state index in [0.29, 0.717) is 17.6 Å². The largest absolute Gasteiger partial charge is 0.298 e. The van der Waals surface area contributed by atoms with Crippen LogP contribution in [-0.4, -0.2) is 24.7 Å². The second-order valence-corrected chi connectivity index (χ2v) is 3.73. The zero-order valence-corrected chi connectivity index (χ0v) is 9.23. The average Bonchev–Trinajstić information content (AvgIpc) is 2.54. The van der Waals surface area contributed by atoms with Crippen molar-refractivity contribution in [2.45, 2.75) is 6.54 Å². The third-order valence-electron chi connectivity index (χ3n) is 2.04. The van der Waals surface area contributed by atoms with Crippen molar-refractivity contribution in [1.29, 1.82) is 0 Å². The molecule has 0 fully saturated rings. The van der Waals surface area contributed by atoms with Gasteiger partial charge in [-0.1, -0.05) is 15.9 Å². The third-order valence-corrected chi connectivity index (χ3v) is 2.40. The zero-order chi connectivity index (χ0) is 10.1. The Labute approximate surface area is 88.5 Å². The van der Waals surface area contributed by atoms with E-state index in [4.69, 9.17) is 0 Å². The van der Waals surface area contributed by atoms with Crippen LogP contribution in [0.2, 0.25) is 0 Å². The van der Waals surface area contributed by atoms with Crippen LogP contribution in [0.1, 0.15) is 0 Å². The lowest BCUT2D eigenvalue weighted by Gasteiger charge is -2.01. The van der Waals surface area contributed by atoms with E-state index in [9.17, 15) is 4.79 Å². The van der Waals surface area contributed by atoms with Gasteiger partial charge in [-0.15, -0.1) is 0 Å². The van der Waals surface area contributed by atoms with Crippen LogP contribution in [-0.2, 0) is 13.6 Å². The molecule has 74 valence electrons. The number of alkyl halides is 1. The molecule has 2 aromatic heterocycles. The summed E-state index contributed by atoms with van der Waals surface area (Å²) in [7, 11) is 1.77. The fourth-order valence-corrected chi connectivity index (χ4v) is 1.70. The molecular weight excluding hydrogens is 248 g/mol. The molecule has 14 heavy (non-hydrogen) atoms. The molecule has 0 unspecified atom stereocenters. The van der Waals surface area contributed by atoms with Crippen LogP contribution in [0.3, 0.4) is 0 Å². The number of hydrogen-bond acceptors (Lipinski definition) is 3. The summed E-state index contributed by atoms with van der Waals surface area (Å²) in [5.74, 6) is 0. The predicted octanol–water partition coefficient (Wildman–Crippen LogP) is 0.525. The minimum Gasteiger partial charge on any atom is -0.298 e. The van der Waals surface area contributed by atoms with Gasteiger partial charge < -0.3 is 0 Å². The Morgan fingerprint density at radius 1 is 1.57 bits per heavy atom. The molecule has 0 spiro atoms. The van der Waals surface area contributed by atoms with Gasteiger partial charge in [-0.25, -0.2) is 4.98 Å². The first-order chi connectivity index (χ1) is 6.74. The van der Waals surface area contributed by atoms with Crippen LogP contribution < -0.4 is 5.56 Å². The highest BCUT2D eigenvalue weighted by molar-refractivity contribution is 9.09. The summed E-state index contributed by atoms with van der Waals surface area (Å²) in [6.07, 6.45) is 3.10. The fourth-order valence-electron chi connectivity index (χ4n) is 1.32. The molecule has 2 rings (SSSR count). The lowest BCUT2D eigenvalue weighted by molar-refractivity contribution is 0.721. The maximum Gasteiger partial charge on any atom is 0.264 e. The quantitative estimate of drug-likeness (QED) is 0.737. The Balaban J connectivity index is 2.70. The van der Waals surface area contributed by atoms with Crippen molar-refractivity contribution in [3.63, 3.8) is 0 Å². The summed E-state index contributed by atoms with van der Waals surface area (Å²) >= 11 is 3.28. The molecule has 2 heterocycles. The number of aromatic nitrogens is 4. The van der Waals surface area contributed by atoms with Gasteiger partial charge >= 0.3 is 0 Å². The normalized spacial score (nSPS) is 11.0. The first kappa shape index (κ1) is 9.39. The van der Waals surface area contributed by atoms with Crippen LogP contribution in [0.4, 0.5) is 0 Å². The number of hydrogen-bond donors (Lipinski definition) is 0. The molecule has 0 bridgehead atoms. The number of rotatable bonds is 2. The Morgan fingerprint density at radius 2 is 2.36 bits per heavy atom. The number of halogens is 1. The van der Waals surface area contributed by atoms with E-state index in [1.807, 2.05) is 0 Å². The van der Waals surface area contributed by atoms with Crippen molar-refractivity contribution >= 4 is 27.0 Å². The number of aryl methyl sites for hydroxylation is 2. The monoisotopic (exact) mass is 256 g/mol. The van der Waals surface area contributed by atoms with Gasteiger partial charge in [0.2, 0.25) is 0 Å². The van der Waals surface area contributed by atoms with Gasteiger partial charge in [-0.05, 0) is 0 Å². The Hall–Kier alpha value is -1.17. The maximum absolute atomic E-state index is 11.8. The standard InChI is InChI=1S/C8H9BrN4O/c1-12-7-6(4-11-12)8(14)13(3-2-9)5-10-7/h4-5H,2-3H2,1H3. The summed E-state index contributed by atoms with van der Waals surface area (Å²) in [5.41, 5.74) is 0.586. The van der Waals surface area contributed by atoms with Crippen molar-refractivity contribution in [3.8, 4) is 0 Å². The lowest BCUT2D eigenvalue weighted by atomic mass is 10.4. The van der Waals surface area contributed by atoms with Crippen molar-refractivity contribution in [2.75, 3.05) is 5.33 Å². The average molecular weight is 257 g/mol. The smallest absolute Gasteiger partial charge is 0.264 e. The molecule has 6 heteroatoms. The number of nitrogens with zero attached hydrogens (tertiary/aromatic N) is 4. The molecular formula is C8H9BrN4O. The summed E-state index contributed by atoms with van der Waals surface area (Å²) in [5, 5.41) is 5.29. The Bertz CT molecular complexity index is 516. The van der Waals surface area contributed by atoms with E-state index >= 15 is 0 Å². The van der Waals surface area contributed by atoms with E-state index in [0.717, 1.165) is 5.33 Å². The molecule has 0 atom stereocenters. The van der Waals surface area contributed by atoms with Gasteiger partial charge in [0.25, 0.3) is 5.56 Å². The van der Waals surface area contributed by atoms with E-state index in [2.05, 4.69) is 26.0 Å². The molecule has 0 aliphatic heterocycles. The fraction of sp³-hybridized carbons (Fsp3) is 0.375. The first-order valence-corrected chi connectivity index (χ1v) is 5.29. The molecule has 0 N–H and O–H groups in total. The van der Waals surface area contributed by atoms with Gasteiger partial charge in [0.1, 0.15) is 5.39 Å². The summed E-state index contributed by atoms with van der Waals surface area (Å²) < 4.78 is 3.16. The second kappa shape index (κ2) is 3.53. The van der Waals surface area contributed by atoms with Crippen LogP contribution in [0.25, 0.3) is 11.0 Å². The SMILES string of the molecule is Cn1ncc2c(=O)n(CCBr)cnc21. The van der Waals surface area contributed by atoms with Crippen LogP contribution in [0, 0.1) is 0 Å². The Kier molecular flexibility index (Phi) is 2.37. The lowest BCUT2D eigenvalue weighted by Crippen LogP contribution is -2.21. The van der Waals surface area contributed by atoms with Crippen LogP contribution >= 0.6 is 15.9 Å². The van der Waals surface area contributed by atoms with Crippen molar-refractivity contribution in [3.05, 3.63) is 22.9 Å². The molecule has 0 amide bonds. The molecule has 0 saturated carbocycles. The van der Waals surface area contributed by atoms with Crippen LogP contribution in [0.5, 0.6) is 0 Å². The molecule has 0 aliphatic carbocycles. The minimum atomic E-state index is -0.0393. The number of fused-ring (bicyclic) bond motifs is 1. The van der Waals surface area contributed by atoms with Crippen molar-refractivity contribution < 1.29 is 0 Å². The van der Waals surface area contributed by atoms with E-state index in [1.165, 1.54) is 0 Å². The summed E-state index contributed by atoms with van der Waals surface area (Å²) in [6.45, 7) is 0.622. The Morgan fingerprint density at radius 3 is 3.07 bits per heavy atom. The van der Waals surface area contributed by atoms with Gasteiger partial charge in [-0.2, -0.15) is 5.10 Å². The highest BCUT2D eigenvalue weighted by Crippen LogP contribution is 2.02. The molecule has 0 aromatic carbocycles. The molecule has 5 nitrogen and oxygen atoms in total. The minimum absolute atomic E-state index is 0.0393. The van der Waals surface area contributed by atoms with E-state index < -0.39 is 0 Å². The summed E-state index contributed by atoms with van der Waals surface area (Å²) in [4.78, 5) is 15.9. The van der Waals surface area contributed by atoms with Gasteiger partial charge in [0.15, 0.2) is 5.65 Å². The first-order valence-electron chi connectivity index (χ1n) is 4.17.